The van der Waals surface area contributed by atoms with Crippen LogP contribution in [0.4, 0.5) is 11.4 Å². The average molecular weight is 377 g/mol. The molecule has 0 saturated carbocycles. The quantitative estimate of drug-likeness (QED) is 0.337. The Morgan fingerprint density at radius 1 is 1.17 bits per heavy atom. The van der Waals surface area contributed by atoms with Gasteiger partial charge in [-0.1, -0.05) is 47.7 Å². The molecule has 0 bridgehead atoms. The molecular weight excluding hydrogens is 368 g/mol. The predicted molar refractivity (Wildman–Crippen MR) is 100 cm³/mol. The van der Waals surface area contributed by atoms with Crippen molar-refractivity contribution in [2.45, 2.75) is 0 Å². The Balaban J connectivity index is 1.91. The number of thiocarbonyl (C=S) groups is 1. The summed E-state index contributed by atoms with van der Waals surface area (Å²) in [5.74, 6) is -0.267. The number of carbonyl (C=O) groups is 1. The largest absolute Gasteiger partial charge is 0.270 e. The van der Waals surface area contributed by atoms with E-state index in [0.717, 1.165) is 0 Å². The van der Waals surface area contributed by atoms with Gasteiger partial charge in [0.1, 0.15) is 0 Å². The molecule has 1 aliphatic heterocycles. The molecule has 1 aliphatic rings. The first-order valence-corrected chi connectivity index (χ1v) is 8.34. The number of benzene rings is 2. The number of rotatable bonds is 3. The standard InChI is InChI=1S/C16H9ClN2O3S2/c17-12-3-1-2-4-13(12)18-15(20)14(24-16(18)23)9-10-5-7-11(8-6-10)19(21)22/h1-9H/b14-9+. The lowest BCUT2D eigenvalue weighted by atomic mass is 10.2. The first-order chi connectivity index (χ1) is 11.5. The van der Waals surface area contributed by atoms with Crippen LogP contribution in [0.25, 0.3) is 6.08 Å². The minimum Gasteiger partial charge on any atom is -0.268 e. The van der Waals surface area contributed by atoms with Gasteiger partial charge in [-0.15, -0.1) is 0 Å². The van der Waals surface area contributed by atoms with Crippen LogP contribution in [0.3, 0.4) is 0 Å². The first kappa shape index (κ1) is 16.6. The SMILES string of the molecule is O=C1/C(=C\c2ccc([N+](=O)[O-])cc2)SC(=S)N1c1ccccc1Cl. The second-order valence-electron chi connectivity index (χ2n) is 4.82. The number of nitrogens with zero attached hydrogens (tertiary/aromatic N) is 2. The van der Waals surface area contributed by atoms with Crippen LogP contribution in [-0.2, 0) is 4.79 Å². The summed E-state index contributed by atoms with van der Waals surface area (Å²) in [6.07, 6.45) is 1.65. The molecule has 0 aliphatic carbocycles. The molecular formula is C16H9ClN2O3S2. The third-order valence-electron chi connectivity index (χ3n) is 3.29. The normalized spacial score (nSPS) is 16.0. The van der Waals surface area contributed by atoms with Crippen molar-refractivity contribution in [1.82, 2.24) is 0 Å². The highest BCUT2D eigenvalue weighted by molar-refractivity contribution is 8.27. The van der Waals surface area contributed by atoms with Gasteiger partial charge < -0.3 is 0 Å². The maximum Gasteiger partial charge on any atom is 0.270 e. The number of para-hydroxylation sites is 1. The van der Waals surface area contributed by atoms with E-state index >= 15 is 0 Å². The van der Waals surface area contributed by atoms with Gasteiger partial charge in [-0.2, -0.15) is 0 Å². The van der Waals surface area contributed by atoms with E-state index in [0.29, 0.717) is 25.5 Å². The molecule has 2 aromatic rings. The molecule has 1 fully saturated rings. The molecule has 0 aromatic heterocycles. The molecule has 0 radical (unpaired) electrons. The van der Waals surface area contributed by atoms with Crippen molar-refractivity contribution in [3.63, 3.8) is 0 Å². The van der Waals surface area contributed by atoms with Crippen molar-refractivity contribution < 1.29 is 9.72 Å². The summed E-state index contributed by atoms with van der Waals surface area (Å²) < 4.78 is 0.390. The topological polar surface area (TPSA) is 63.4 Å². The maximum absolute atomic E-state index is 12.6. The second-order valence-corrected chi connectivity index (χ2v) is 6.90. The van der Waals surface area contributed by atoms with Gasteiger partial charge in [-0.25, -0.2) is 0 Å². The molecule has 3 rings (SSSR count). The summed E-state index contributed by atoms with van der Waals surface area (Å²) in [5, 5.41) is 11.1. The van der Waals surface area contributed by atoms with Gasteiger partial charge in [-0.05, 0) is 35.9 Å². The number of hydrogen-bond acceptors (Lipinski definition) is 5. The summed E-state index contributed by atoms with van der Waals surface area (Å²) in [6, 6.07) is 12.9. The second kappa shape index (κ2) is 6.72. The van der Waals surface area contributed by atoms with Gasteiger partial charge in [0, 0.05) is 12.1 Å². The highest BCUT2D eigenvalue weighted by atomic mass is 35.5. The molecule has 0 atom stereocenters. The number of halogens is 1. The van der Waals surface area contributed by atoms with Crippen LogP contribution in [0.2, 0.25) is 5.02 Å². The van der Waals surface area contributed by atoms with Gasteiger partial charge in [-0.3, -0.25) is 19.8 Å². The molecule has 8 heteroatoms. The molecule has 24 heavy (non-hydrogen) atoms. The van der Waals surface area contributed by atoms with Crippen molar-refractivity contribution in [2.75, 3.05) is 4.90 Å². The van der Waals surface area contributed by atoms with Crippen LogP contribution >= 0.6 is 35.6 Å². The summed E-state index contributed by atoms with van der Waals surface area (Å²) in [7, 11) is 0. The molecule has 120 valence electrons. The van der Waals surface area contributed by atoms with Crippen LogP contribution in [-0.4, -0.2) is 15.2 Å². The number of non-ortho nitro benzene ring substituents is 1. The zero-order chi connectivity index (χ0) is 17.3. The minimum absolute atomic E-state index is 0.00392. The maximum atomic E-state index is 12.6. The number of hydrogen-bond donors (Lipinski definition) is 0. The Kier molecular flexibility index (Phi) is 4.66. The zero-order valence-corrected chi connectivity index (χ0v) is 14.4. The van der Waals surface area contributed by atoms with Crippen molar-refractivity contribution >= 4 is 63.3 Å². The summed E-state index contributed by atoms with van der Waals surface area (Å²) >= 11 is 12.6. The van der Waals surface area contributed by atoms with E-state index in [1.54, 1.807) is 42.5 Å². The molecule has 0 spiro atoms. The van der Waals surface area contributed by atoms with E-state index in [2.05, 4.69) is 0 Å². The zero-order valence-electron chi connectivity index (χ0n) is 12.0. The van der Waals surface area contributed by atoms with E-state index in [1.807, 2.05) is 0 Å². The molecule has 2 aromatic carbocycles. The summed E-state index contributed by atoms with van der Waals surface area (Å²) in [6.45, 7) is 0. The first-order valence-electron chi connectivity index (χ1n) is 6.74. The molecule has 1 amide bonds. The third kappa shape index (κ3) is 3.19. The number of nitro groups is 1. The molecule has 1 saturated heterocycles. The van der Waals surface area contributed by atoms with E-state index in [1.165, 1.54) is 28.8 Å². The van der Waals surface area contributed by atoms with Crippen molar-refractivity contribution in [3.05, 3.63) is 74.1 Å². The predicted octanol–water partition coefficient (Wildman–Crippen LogP) is 4.65. The van der Waals surface area contributed by atoms with Crippen molar-refractivity contribution in [2.24, 2.45) is 0 Å². The van der Waals surface area contributed by atoms with E-state index < -0.39 is 4.92 Å². The highest BCUT2D eigenvalue weighted by Gasteiger charge is 2.34. The Hall–Kier alpha value is -2.22. The number of thioether (sulfide) groups is 1. The van der Waals surface area contributed by atoms with Gasteiger partial charge in [0.15, 0.2) is 4.32 Å². The molecule has 1 heterocycles. The number of anilines is 1. The summed E-state index contributed by atoms with van der Waals surface area (Å²) in [4.78, 5) is 24.7. The van der Waals surface area contributed by atoms with Crippen LogP contribution in [0.5, 0.6) is 0 Å². The van der Waals surface area contributed by atoms with Gasteiger partial charge in [0.25, 0.3) is 11.6 Å². The Morgan fingerprint density at radius 2 is 1.83 bits per heavy atom. The Labute approximate surface area is 152 Å². The molecule has 0 N–H and O–H groups in total. The van der Waals surface area contributed by atoms with Gasteiger partial charge in [0.2, 0.25) is 0 Å². The number of amides is 1. The van der Waals surface area contributed by atoms with Gasteiger partial charge >= 0.3 is 0 Å². The molecule has 5 nitrogen and oxygen atoms in total. The van der Waals surface area contributed by atoms with Crippen LogP contribution < -0.4 is 4.90 Å². The number of nitro benzene ring substituents is 1. The fourth-order valence-electron chi connectivity index (χ4n) is 2.15. The Morgan fingerprint density at radius 3 is 2.46 bits per heavy atom. The lowest BCUT2D eigenvalue weighted by Crippen LogP contribution is -2.27. The third-order valence-corrected chi connectivity index (χ3v) is 4.91. The fourth-order valence-corrected chi connectivity index (χ4v) is 3.66. The number of carbonyl (C=O) groups excluding carboxylic acids is 1. The minimum atomic E-state index is -0.472. The Bertz CT molecular complexity index is 881. The summed E-state index contributed by atoms with van der Waals surface area (Å²) in [5.41, 5.74) is 1.21. The van der Waals surface area contributed by atoms with Crippen LogP contribution in [0.1, 0.15) is 5.56 Å². The van der Waals surface area contributed by atoms with E-state index in [-0.39, 0.29) is 11.6 Å². The van der Waals surface area contributed by atoms with Crippen LogP contribution in [0, 0.1) is 10.1 Å². The fraction of sp³-hybridized carbons (Fsp3) is 0. The highest BCUT2D eigenvalue weighted by Crippen LogP contribution is 2.38. The molecule has 0 unspecified atom stereocenters. The van der Waals surface area contributed by atoms with Crippen molar-refractivity contribution in [1.29, 1.82) is 0 Å². The van der Waals surface area contributed by atoms with E-state index in [9.17, 15) is 14.9 Å². The smallest absolute Gasteiger partial charge is 0.268 e. The lowest BCUT2D eigenvalue weighted by molar-refractivity contribution is -0.384. The lowest BCUT2D eigenvalue weighted by Gasteiger charge is -2.15. The van der Waals surface area contributed by atoms with Crippen molar-refractivity contribution in [3.8, 4) is 0 Å². The van der Waals surface area contributed by atoms with Crippen LogP contribution in [0.15, 0.2) is 53.4 Å². The monoisotopic (exact) mass is 376 g/mol. The van der Waals surface area contributed by atoms with E-state index in [4.69, 9.17) is 23.8 Å². The average Bonchev–Trinajstić information content (AvgIpc) is 2.83. The van der Waals surface area contributed by atoms with Gasteiger partial charge in [0.05, 0.1) is 20.5 Å².